The molecule has 47 heavy (non-hydrogen) atoms. The van der Waals surface area contributed by atoms with E-state index in [1.165, 1.54) is 0 Å². The van der Waals surface area contributed by atoms with Crippen molar-refractivity contribution in [2.75, 3.05) is 6.61 Å². The molecule has 11 nitrogen and oxygen atoms in total. The van der Waals surface area contributed by atoms with Crippen LogP contribution in [0.5, 0.6) is 0 Å². The van der Waals surface area contributed by atoms with Crippen molar-refractivity contribution in [1.29, 1.82) is 0 Å². The molecule has 0 radical (unpaired) electrons. The molecule has 0 aromatic rings. The molecule has 5 fully saturated rings. The summed E-state index contributed by atoms with van der Waals surface area (Å²) in [6.45, 7) is 12.1. The Balaban J connectivity index is 1.39. The summed E-state index contributed by atoms with van der Waals surface area (Å²) < 4.78 is 11.4. The van der Waals surface area contributed by atoms with E-state index < -0.39 is 77.7 Å². The normalized spacial score (nSPS) is 53.7. The fraction of sp³-hybridized carbons (Fsp3) is 0.889. The number of carboxylic acid groups (broad SMARTS) is 1. The summed E-state index contributed by atoms with van der Waals surface area (Å²) in [6, 6.07) is 0. The second-order valence-corrected chi connectivity index (χ2v) is 17.7. The van der Waals surface area contributed by atoms with Gasteiger partial charge in [-0.05, 0) is 104 Å². The van der Waals surface area contributed by atoms with Gasteiger partial charge in [0.1, 0.15) is 29.8 Å². The Morgan fingerprint density at radius 2 is 1.53 bits per heavy atom. The summed E-state index contributed by atoms with van der Waals surface area (Å²) in [5, 5.41) is 74.7. The lowest BCUT2D eigenvalue weighted by Crippen LogP contribution is -2.68. The van der Waals surface area contributed by atoms with Gasteiger partial charge in [-0.15, -0.1) is 0 Å². The van der Waals surface area contributed by atoms with Gasteiger partial charge in [0.2, 0.25) is 6.29 Å². The fourth-order valence-electron chi connectivity index (χ4n) is 12.1. The number of carbonyl (C=O) groups excluding carboxylic acids is 1. The van der Waals surface area contributed by atoms with Crippen molar-refractivity contribution >= 4 is 11.9 Å². The first-order chi connectivity index (χ1) is 21.7. The van der Waals surface area contributed by atoms with Gasteiger partial charge < -0.3 is 45.2 Å². The monoisotopic (exact) mass is 664 g/mol. The third-order valence-electron chi connectivity index (χ3n) is 15.2. The molecule has 7 N–H and O–H groups in total. The average molecular weight is 665 g/mol. The van der Waals surface area contributed by atoms with Crippen molar-refractivity contribution in [1.82, 2.24) is 0 Å². The zero-order chi connectivity index (χ0) is 34.7. The third-order valence-corrected chi connectivity index (χ3v) is 15.2. The van der Waals surface area contributed by atoms with Crippen molar-refractivity contribution in [3.8, 4) is 0 Å². The molecule has 0 amide bonds. The van der Waals surface area contributed by atoms with Crippen molar-refractivity contribution in [2.45, 2.75) is 142 Å². The summed E-state index contributed by atoms with van der Waals surface area (Å²) in [7, 11) is 0. The van der Waals surface area contributed by atoms with Gasteiger partial charge in [0.05, 0.1) is 24.2 Å². The Bertz CT molecular complexity index is 1310. The van der Waals surface area contributed by atoms with Crippen LogP contribution in [0.3, 0.4) is 0 Å². The minimum absolute atomic E-state index is 0.103. The van der Waals surface area contributed by atoms with Crippen LogP contribution in [0.15, 0.2) is 11.6 Å². The number of esters is 1. The van der Waals surface area contributed by atoms with Crippen LogP contribution in [0.4, 0.5) is 0 Å². The van der Waals surface area contributed by atoms with E-state index in [9.17, 15) is 45.3 Å². The number of hydrogen-bond acceptors (Lipinski definition) is 10. The smallest absolute Gasteiger partial charge is 0.317 e. The maximum absolute atomic E-state index is 14.4. The number of aliphatic carboxylic acids is 1. The van der Waals surface area contributed by atoms with E-state index in [4.69, 9.17) is 9.47 Å². The van der Waals surface area contributed by atoms with Crippen LogP contribution >= 0.6 is 0 Å². The SMILES string of the molecule is CC1(C)CC[C@]2(C(=O)OC3OC(CO)[C@@H](O)[C@H](O)[C@@H]3O)C(O)C[C@]3(C)C(=CCC4[C@@]5(C)CC[C@H](O)[C@@](C)(C(=O)O)C5CC[C@]43C)C2C1. The minimum Gasteiger partial charge on any atom is -0.481 e. The van der Waals surface area contributed by atoms with E-state index in [1.807, 2.05) is 0 Å². The molecule has 6 unspecified atom stereocenters. The van der Waals surface area contributed by atoms with Crippen molar-refractivity contribution in [3.63, 3.8) is 0 Å². The number of rotatable bonds is 4. The molecule has 1 heterocycles. The standard InChI is InChI=1S/C36H56O11/c1-31(2)13-14-36(30(45)47-28-27(42)26(41)25(40)20(17-37)46-28)19(15-31)18-7-8-21-32(3)11-10-23(38)35(6,29(43)44)22(32)9-12-33(21,4)34(18,5)16-24(36)39/h7,19-28,37-42H,8-17H2,1-6H3,(H,43,44)/t19?,20?,21?,22?,23-,24?,25+,26-,27-,28?,32+,33+,34+,35-,36+/m0/s1. The van der Waals surface area contributed by atoms with Crippen molar-refractivity contribution in [3.05, 3.63) is 11.6 Å². The largest absolute Gasteiger partial charge is 0.481 e. The van der Waals surface area contributed by atoms with Gasteiger partial charge in [-0.1, -0.05) is 46.3 Å². The van der Waals surface area contributed by atoms with Crippen molar-refractivity contribution < 1.29 is 54.8 Å². The molecule has 266 valence electrons. The Kier molecular flexibility index (Phi) is 8.40. The van der Waals surface area contributed by atoms with Crippen LogP contribution in [-0.4, -0.2) is 97.2 Å². The highest BCUT2D eigenvalue weighted by molar-refractivity contribution is 5.80. The number of allylic oxidation sites excluding steroid dienone is 2. The van der Waals surface area contributed by atoms with Gasteiger partial charge >= 0.3 is 11.9 Å². The van der Waals surface area contributed by atoms with E-state index in [-0.39, 0.29) is 34.0 Å². The molecular weight excluding hydrogens is 608 g/mol. The quantitative estimate of drug-likeness (QED) is 0.172. The number of aliphatic hydroxyl groups excluding tert-OH is 6. The molecule has 5 aliphatic carbocycles. The molecule has 4 saturated carbocycles. The van der Waals surface area contributed by atoms with Gasteiger partial charge in [0, 0.05) is 0 Å². The van der Waals surface area contributed by atoms with Crippen LogP contribution in [-0.2, 0) is 19.1 Å². The average Bonchev–Trinajstić information content (AvgIpc) is 2.99. The number of ether oxygens (including phenoxy) is 2. The van der Waals surface area contributed by atoms with Gasteiger partial charge in [0.25, 0.3) is 0 Å². The highest BCUT2D eigenvalue weighted by Gasteiger charge is 2.72. The summed E-state index contributed by atoms with van der Waals surface area (Å²) in [5.41, 5.74) is -2.77. The van der Waals surface area contributed by atoms with E-state index >= 15 is 0 Å². The van der Waals surface area contributed by atoms with Crippen LogP contribution in [0.25, 0.3) is 0 Å². The molecule has 0 bridgehead atoms. The van der Waals surface area contributed by atoms with E-state index in [0.717, 1.165) is 18.4 Å². The third kappa shape index (κ3) is 4.62. The summed E-state index contributed by atoms with van der Waals surface area (Å²) in [4.78, 5) is 27.1. The van der Waals surface area contributed by atoms with E-state index in [0.29, 0.717) is 44.9 Å². The molecule has 11 heteroatoms. The molecular formula is C36H56O11. The van der Waals surface area contributed by atoms with Crippen LogP contribution in [0.1, 0.15) is 99.3 Å². The van der Waals surface area contributed by atoms with Crippen molar-refractivity contribution in [2.24, 2.45) is 50.2 Å². The zero-order valence-electron chi connectivity index (χ0n) is 28.7. The molecule has 0 aromatic heterocycles. The number of hydrogen-bond donors (Lipinski definition) is 7. The number of fused-ring (bicyclic) bond motifs is 7. The van der Waals surface area contributed by atoms with Gasteiger partial charge in [-0.3, -0.25) is 9.59 Å². The second kappa shape index (κ2) is 11.2. The lowest BCUT2D eigenvalue weighted by Gasteiger charge is -2.71. The first-order valence-corrected chi connectivity index (χ1v) is 17.6. The van der Waals surface area contributed by atoms with E-state index in [1.54, 1.807) is 6.92 Å². The molecule has 1 saturated heterocycles. The highest BCUT2D eigenvalue weighted by Crippen LogP contribution is 2.76. The topological polar surface area (TPSA) is 194 Å². The van der Waals surface area contributed by atoms with Crippen LogP contribution in [0.2, 0.25) is 0 Å². The number of carboxylic acids is 1. The molecule has 15 atom stereocenters. The molecule has 0 spiro atoms. The lowest BCUT2D eigenvalue weighted by atomic mass is 9.33. The summed E-state index contributed by atoms with van der Waals surface area (Å²) >= 11 is 0. The fourth-order valence-corrected chi connectivity index (χ4v) is 12.1. The number of carbonyl (C=O) groups is 2. The second-order valence-electron chi connectivity index (χ2n) is 17.7. The Morgan fingerprint density at radius 1 is 0.851 bits per heavy atom. The molecule has 6 aliphatic rings. The lowest BCUT2D eigenvalue weighted by molar-refractivity contribution is -0.299. The molecule has 0 aromatic carbocycles. The number of aliphatic hydroxyl groups is 6. The van der Waals surface area contributed by atoms with Gasteiger partial charge in [0.15, 0.2) is 0 Å². The van der Waals surface area contributed by atoms with Crippen LogP contribution < -0.4 is 0 Å². The Labute approximate surface area is 277 Å². The molecule has 6 rings (SSSR count). The highest BCUT2D eigenvalue weighted by atomic mass is 16.7. The van der Waals surface area contributed by atoms with Gasteiger partial charge in [-0.25, -0.2) is 0 Å². The summed E-state index contributed by atoms with van der Waals surface area (Å²) in [6.07, 6.45) is -2.51. The predicted molar refractivity (Wildman–Crippen MR) is 168 cm³/mol. The summed E-state index contributed by atoms with van der Waals surface area (Å²) in [5.74, 6) is -2.16. The van der Waals surface area contributed by atoms with Crippen LogP contribution in [0, 0.1) is 50.2 Å². The Morgan fingerprint density at radius 3 is 2.17 bits per heavy atom. The minimum atomic E-state index is -1.74. The van der Waals surface area contributed by atoms with Gasteiger partial charge in [-0.2, -0.15) is 0 Å². The molecule has 1 aliphatic heterocycles. The maximum atomic E-state index is 14.4. The maximum Gasteiger partial charge on any atom is 0.317 e. The predicted octanol–water partition coefficient (Wildman–Crippen LogP) is 2.53. The zero-order valence-corrected chi connectivity index (χ0v) is 28.7. The van der Waals surface area contributed by atoms with E-state index in [2.05, 4.69) is 40.7 Å². The first-order valence-electron chi connectivity index (χ1n) is 17.6. The first kappa shape index (κ1) is 35.2. The Hall–Kier alpha value is -1.60.